The molecular formula is C102H158N22. The summed E-state index contributed by atoms with van der Waals surface area (Å²) in [5.74, 6) is 0. The zero-order valence-electron chi connectivity index (χ0n) is 82.7. The van der Waals surface area contributed by atoms with Crippen molar-refractivity contribution in [2.24, 2.45) is 0 Å². The standard InChI is InChI=1S/2C9H7N.5C8H6N2.2C4H3N5.18C2H6/c1-2-6-9-8(4-1)5-3-7-10-9;1-2-4-9-7-10-6-5-8(9)3-1;1-3-7-4-2-6-10-8(7)9-5-1;1-2-4-8-7(3-1)5-9-6-10-8;1-2-4-8-6-10-9-5-7(8)3-1;1-2-4-8-7(3-1)9-5-6-10-8;1-2-4-8-7(3-1)5-6-9-10-8;2*1-3-4(6-2-5-1)8-9-7-3;18*1-2/h2*1-7H;5*1-6H;2*1-2H,(H,5,6,7,8,9);18*1-2H3. The molecule has 18 aromatic rings. The van der Waals surface area contributed by atoms with Crippen LogP contribution in [0.25, 0.3) is 98.6 Å². The third kappa shape index (κ3) is 58.9. The first-order chi connectivity index (χ1) is 61.7. The molecule has 0 spiro atoms. The van der Waals surface area contributed by atoms with Crippen molar-refractivity contribution in [3.05, 3.63) is 294 Å². The summed E-state index contributed by atoms with van der Waals surface area (Å²) in [5.41, 5.74) is 8.30. The van der Waals surface area contributed by atoms with Crippen molar-refractivity contribution in [1.29, 1.82) is 0 Å². The Hall–Kier alpha value is -13.0. The first kappa shape index (κ1) is 129. The molecule has 0 fully saturated rings. The Morgan fingerprint density at radius 2 is 0.452 bits per heavy atom. The molecule has 12 aromatic heterocycles. The van der Waals surface area contributed by atoms with Gasteiger partial charge in [-0.25, -0.2) is 39.9 Å². The van der Waals surface area contributed by atoms with Gasteiger partial charge in [0.25, 0.3) is 0 Å². The Balaban J connectivity index is -0.000000164. The van der Waals surface area contributed by atoms with Crippen LogP contribution in [-0.2, 0) is 0 Å². The fraction of sp³-hybridized carbons (Fsp3) is 0.353. The largest absolute Gasteiger partial charge is 0.264 e. The highest BCUT2D eigenvalue weighted by Gasteiger charge is 1.97. The summed E-state index contributed by atoms with van der Waals surface area (Å²) in [7, 11) is 0. The second kappa shape index (κ2) is 106. The van der Waals surface area contributed by atoms with Crippen LogP contribution in [-0.4, -0.2) is 111 Å². The zero-order valence-corrected chi connectivity index (χ0v) is 82.7. The van der Waals surface area contributed by atoms with Gasteiger partial charge in [0.05, 0.1) is 58.6 Å². The molecule has 18 rings (SSSR count). The molecule has 0 saturated carbocycles. The molecule has 0 amide bonds. The van der Waals surface area contributed by atoms with Crippen LogP contribution in [0.1, 0.15) is 249 Å². The van der Waals surface area contributed by atoms with Gasteiger partial charge in [-0.3, -0.25) is 19.9 Å². The second-order valence-corrected chi connectivity index (χ2v) is 17.9. The van der Waals surface area contributed by atoms with E-state index < -0.39 is 0 Å². The van der Waals surface area contributed by atoms with Gasteiger partial charge in [-0.15, -0.1) is 10.2 Å². The lowest BCUT2D eigenvalue weighted by Crippen LogP contribution is -1.79. The van der Waals surface area contributed by atoms with E-state index in [1.54, 1.807) is 62.1 Å². The lowest BCUT2D eigenvalue weighted by Gasteiger charge is -1.91. The summed E-state index contributed by atoms with van der Waals surface area (Å²) in [6.07, 6.45) is 27.0. The number of aromatic nitrogens is 22. The average Bonchev–Trinajstić information content (AvgIpc) is 1.47. The molecule has 0 bridgehead atoms. The normalized spacial score (nSPS) is 8.00. The number of hydrogen-bond acceptors (Lipinski definition) is 20. The summed E-state index contributed by atoms with van der Waals surface area (Å²) in [6, 6.07) is 63.7. The molecular weight excluding hydrogens is 1530 g/mol. The summed E-state index contributed by atoms with van der Waals surface area (Å²) < 4.78 is 0. The van der Waals surface area contributed by atoms with Crippen molar-refractivity contribution >= 4 is 98.6 Å². The number of pyridine rings is 4. The number of para-hydroxylation sites is 4. The molecule has 22 heteroatoms. The first-order valence-electron chi connectivity index (χ1n) is 45.0. The topological polar surface area (TPSA) is 289 Å². The van der Waals surface area contributed by atoms with Crippen molar-refractivity contribution in [3.63, 3.8) is 0 Å². The summed E-state index contributed by atoms with van der Waals surface area (Å²) in [6.45, 7) is 72.0. The molecule has 124 heavy (non-hydrogen) atoms. The van der Waals surface area contributed by atoms with Gasteiger partial charge >= 0.3 is 0 Å². The number of rotatable bonds is 0. The van der Waals surface area contributed by atoms with E-state index >= 15 is 0 Å². The van der Waals surface area contributed by atoms with E-state index in [4.69, 9.17) is 0 Å². The van der Waals surface area contributed by atoms with Crippen molar-refractivity contribution in [2.45, 2.75) is 249 Å². The average molecular weight is 1690 g/mol. The first-order valence-corrected chi connectivity index (χ1v) is 45.0. The van der Waals surface area contributed by atoms with Gasteiger partial charge in [-0.05, 0) is 83.6 Å². The minimum absolute atomic E-state index is 0.602. The number of aromatic amines is 2. The van der Waals surface area contributed by atoms with E-state index in [-0.39, 0.29) is 0 Å². The van der Waals surface area contributed by atoms with Crippen molar-refractivity contribution in [1.82, 2.24) is 111 Å². The summed E-state index contributed by atoms with van der Waals surface area (Å²) >= 11 is 0. The fourth-order valence-corrected chi connectivity index (χ4v) is 7.86. The Morgan fingerprint density at radius 1 is 0.161 bits per heavy atom. The highest BCUT2D eigenvalue weighted by molar-refractivity contribution is 5.82. The van der Waals surface area contributed by atoms with Crippen LogP contribution >= 0.6 is 0 Å². The van der Waals surface area contributed by atoms with E-state index in [0.29, 0.717) is 22.3 Å². The predicted molar refractivity (Wildman–Crippen MR) is 544 cm³/mol. The summed E-state index contributed by atoms with van der Waals surface area (Å²) in [5, 5.41) is 44.3. The molecule has 0 aliphatic carbocycles. The maximum atomic E-state index is 4.18. The van der Waals surface area contributed by atoms with Gasteiger partial charge in [0.2, 0.25) is 11.3 Å². The van der Waals surface area contributed by atoms with Gasteiger partial charge in [-0.1, -0.05) is 371 Å². The van der Waals surface area contributed by atoms with Crippen LogP contribution in [0, 0.1) is 0 Å². The van der Waals surface area contributed by atoms with Gasteiger partial charge < -0.3 is 0 Å². The third-order valence-electron chi connectivity index (χ3n) is 12.1. The minimum atomic E-state index is 0.602. The van der Waals surface area contributed by atoms with Crippen LogP contribution in [0.2, 0.25) is 0 Å². The molecule has 0 radical (unpaired) electrons. The molecule has 0 saturated heterocycles. The summed E-state index contributed by atoms with van der Waals surface area (Å²) in [4.78, 5) is 47.7. The van der Waals surface area contributed by atoms with E-state index in [0.717, 1.165) is 60.2 Å². The van der Waals surface area contributed by atoms with Crippen molar-refractivity contribution in [2.75, 3.05) is 0 Å². The maximum Gasteiger partial charge on any atom is 0.204 e. The number of nitrogens with one attached hydrogen (secondary N) is 2. The lowest BCUT2D eigenvalue weighted by atomic mass is 10.2. The number of nitrogens with zero attached hydrogens (tertiary/aromatic N) is 20. The van der Waals surface area contributed by atoms with E-state index in [2.05, 4.69) is 135 Å². The smallest absolute Gasteiger partial charge is 0.204 e. The Kier molecular flexibility index (Phi) is 110. The quantitative estimate of drug-likeness (QED) is 0.143. The fourth-order valence-electron chi connectivity index (χ4n) is 7.86. The van der Waals surface area contributed by atoms with E-state index in [9.17, 15) is 0 Å². The Labute approximate surface area is 748 Å². The lowest BCUT2D eigenvalue weighted by molar-refractivity contribution is 0.954. The molecule has 6 aromatic carbocycles. The van der Waals surface area contributed by atoms with Gasteiger partial charge in [0.15, 0.2) is 5.65 Å². The molecule has 676 valence electrons. The van der Waals surface area contributed by atoms with Crippen LogP contribution in [0.5, 0.6) is 0 Å². The maximum absolute atomic E-state index is 4.18. The molecule has 0 aliphatic heterocycles. The van der Waals surface area contributed by atoms with Crippen LogP contribution < -0.4 is 0 Å². The molecule has 2 N–H and O–H groups in total. The van der Waals surface area contributed by atoms with Crippen molar-refractivity contribution < 1.29 is 0 Å². The molecule has 0 atom stereocenters. The number of fused-ring (bicyclic) bond motifs is 9. The number of hydrogen-bond donors (Lipinski definition) is 2. The molecule has 12 heterocycles. The molecule has 0 unspecified atom stereocenters. The molecule has 22 nitrogen and oxygen atoms in total. The van der Waals surface area contributed by atoms with E-state index in [1.807, 2.05) is 444 Å². The highest BCUT2D eigenvalue weighted by atomic mass is 15.3. The number of H-pyrrole nitrogens is 2. The minimum Gasteiger partial charge on any atom is -0.264 e. The monoisotopic (exact) mass is 1690 g/mol. The SMILES string of the molecule is CC.CC.CC.CC.CC.CC.CC.CC.CC.CC.CC.CC.CC.CC.CC.CC.CC.CC.c1ccc2cnccc2c1.c1ccc2cnncc2c1.c1ccc2ncccc2c1.c1ccc2nccnc2c1.c1ccc2ncncc2c1.c1ccc2nnccc2c1.c1cnc2ncccc2c1.c1ncc2n[nH]nc2n1.c1ncc2n[nH]nc2n1. The van der Waals surface area contributed by atoms with E-state index in [1.165, 1.54) is 28.8 Å². The Bertz CT molecular complexity index is 3760. The third-order valence-corrected chi connectivity index (χ3v) is 12.1. The van der Waals surface area contributed by atoms with Crippen LogP contribution in [0.3, 0.4) is 0 Å². The predicted octanol–water partition coefficient (Wildman–Crippen LogP) is 30.6. The zero-order chi connectivity index (χ0) is 95.9. The number of benzene rings is 6. The van der Waals surface area contributed by atoms with Gasteiger partial charge in [0.1, 0.15) is 30.0 Å². The second-order valence-electron chi connectivity index (χ2n) is 17.9. The van der Waals surface area contributed by atoms with Gasteiger partial charge in [0, 0.05) is 81.9 Å². The molecule has 0 aliphatic rings. The van der Waals surface area contributed by atoms with Crippen LogP contribution in [0.15, 0.2) is 294 Å². The highest BCUT2D eigenvalue weighted by Crippen LogP contribution is 2.13. The Morgan fingerprint density at radius 3 is 0.831 bits per heavy atom. The van der Waals surface area contributed by atoms with Crippen molar-refractivity contribution in [3.8, 4) is 0 Å². The van der Waals surface area contributed by atoms with Crippen LogP contribution in [0.4, 0.5) is 0 Å². The van der Waals surface area contributed by atoms with Gasteiger partial charge in [-0.2, -0.15) is 41.0 Å².